The van der Waals surface area contributed by atoms with E-state index in [1.165, 1.54) is 5.56 Å². The van der Waals surface area contributed by atoms with Crippen molar-refractivity contribution in [2.24, 2.45) is 0 Å². The van der Waals surface area contributed by atoms with Crippen LogP contribution in [0.5, 0.6) is 0 Å². The first-order chi connectivity index (χ1) is 13.3. The predicted molar refractivity (Wildman–Crippen MR) is 117 cm³/mol. The number of benzene rings is 2. The molecule has 0 bridgehead atoms. The van der Waals surface area contributed by atoms with Crippen molar-refractivity contribution in [3.63, 3.8) is 0 Å². The number of carbonyl (C=O) groups is 1. The fourth-order valence-electron chi connectivity index (χ4n) is 3.64. The highest BCUT2D eigenvalue weighted by molar-refractivity contribution is 6.32. The molecule has 0 radical (unpaired) electrons. The van der Waals surface area contributed by atoms with Gasteiger partial charge in [-0.25, -0.2) is 4.98 Å². The molecular formula is C23H26ClN3O. The summed E-state index contributed by atoms with van der Waals surface area (Å²) in [5, 5.41) is 4.76. The topological polar surface area (TPSA) is 45.2 Å². The summed E-state index contributed by atoms with van der Waals surface area (Å²) in [5.74, 6) is -0.0498. The number of anilines is 1. The highest BCUT2D eigenvalue weighted by Gasteiger charge is 2.15. The molecule has 3 aromatic rings. The second-order valence-corrected chi connectivity index (χ2v) is 7.89. The second-order valence-electron chi connectivity index (χ2n) is 7.51. The highest BCUT2D eigenvalue weighted by atomic mass is 35.5. The van der Waals surface area contributed by atoms with Gasteiger partial charge in [0.25, 0.3) is 0 Å². The number of para-hydroxylation sites is 1. The lowest BCUT2D eigenvalue weighted by Crippen LogP contribution is -2.30. The number of halogens is 1. The average Bonchev–Trinajstić information content (AvgIpc) is 2.62. The van der Waals surface area contributed by atoms with Crippen molar-refractivity contribution in [2.45, 2.75) is 34.2 Å². The highest BCUT2D eigenvalue weighted by Crippen LogP contribution is 2.27. The van der Waals surface area contributed by atoms with Crippen molar-refractivity contribution in [1.82, 2.24) is 9.88 Å². The predicted octanol–water partition coefficient (Wildman–Crippen LogP) is 5.19. The normalized spacial score (nSPS) is 11.2. The number of carbonyl (C=O) groups excluding carboxylic acids is 1. The summed E-state index contributed by atoms with van der Waals surface area (Å²) in [7, 11) is 1.90. The minimum absolute atomic E-state index is 0.0498. The first-order valence-corrected chi connectivity index (χ1v) is 9.74. The van der Waals surface area contributed by atoms with E-state index in [-0.39, 0.29) is 12.5 Å². The maximum atomic E-state index is 12.6. The van der Waals surface area contributed by atoms with Crippen LogP contribution in [0.2, 0.25) is 5.02 Å². The van der Waals surface area contributed by atoms with Gasteiger partial charge in [0, 0.05) is 17.6 Å². The third-order valence-electron chi connectivity index (χ3n) is 4.92. The molecule has 0 fully saturated rings. The third kappa shape index (κ3) is 4.34. The molecule has 1 N–H and O–H groups in total. The minimum Gasteiger partial charge on any atom is -0.324 e. The number of nitrogens with one attached hydrogen (secondary N) is 1. The van der Waals surface area contributed by atoms with E-state index < -0.39 is 0 Å². The molecule has 5 heteroatoms. The maximum absolute atomic E-state index is 12.6. The fraction of sp³-hybridized carbons (Fsp3) is 0.304. The largest absolute Gasteiger partial charge is 0.324 e. The van der Waals surface area contributed by atoms with Crippen molar-refractivity contribution < 1.29 is 4.79 Å². The maximum Gasteiger partial charge on any atom is 0.238 e. The third-order valence-corrected chi connectivity index (χ3v) is 5.42. The van der Waals surface area contributed by atoms with E-state index in [9.17, 15) is 4.79 Å². The lowest BCUT2D eigenvalue weighted by molar-refractivity contribution is -0.117. The van der Waals surface area contributed by atoms with Gasteiger partial charge in [0.1, 0.15) is 0 Å². The van der Waals surface area contributed by atoms with Gasteiger partial charge in [-0.1, -0.05) is 47.5 Å². The molecule has 4 nitrogen and oxygen atoms in total. The number of pyridine rings is 1. The monoisotopic (exact) mass is 395 g/mol. The molecule has 0 aliphatic heterocycles. The molecular weight excluding hydrogens is 370 g/mol. The summed E-state index contributed by atoms with van der Waals surface area (Å²) in [5.41, 5.74) is 6.95. The van der Waals surface area contributed by atoms with Crippen LogP contribution in [-0.4, -0.2) is 29.4 Å². The summed E-state index contributed by atoms with van der Waals surface area (Å²) in [6.07, 6.45) is 0. The molecule has 0 saturated carbocycles. The molecule has 28 heavy (non-hydrogen) atoms. The zero-order chi connectivity index (χ0) is 20.4. The molecule has 0 saturated heterocycles. The molecule has 0 atom stereocenters. The molecule has 1 heterocycles. The van der Waals surface area contributed by atoms with E-state index in [0.29, 0.717) is 11.6 Å². The van der Waals surface area contributed by atoms with E-state index in [1.807, 2.05) is 57.0 Å². The Bertz CT molecular complexity index is 1020. The molecule has 146 valence electrons. The van der Waals surface area contributed by atoms with Crippen LogP contribution in [0.15, 0.2) is 36.4 Å². The number of hydrogen-bond donors (Lipinski definition) is 1. The Kier molecular flexibility index (Phi) is 6.01. The van der Waals surface area contributed by atoms with E-state index in [0.717, 1.165) is 39.0 Å². The number of aromatic nitrogens is 1. The molecule has 1 aromatic heterocycles. The summed E-state index contributed by atoms with van der Waals surface area (Å²) >= 11 is 6.55. The molecule has 0 aliphatic carbocycles. The summed E-state index contributed by atoms with van der Waals surface area (Å²) in [4.78, 5) is 19.2. The van der Waals surface area contributed by atoms with E-state index in [2.05, 4.69) is 24.4 Å². The quantitative estimate of drug-likeness (QED) is 0.646. The van der Waals surface area contributed by atoms with Gasteiger partial charge in [0.15, 0.2) is 0 Å². The minimum atomic E-state index is -0.0498. The zero-order valence-electron chi connectivity index (χ0n) is 17.1. The number of aryl methyl sites for hydroxylation is 4. The van der Waals surface area contributed by atoms with Gasteiger partial charge in [0.2, 0.25) is 5.91 Å². The molecule has 2 aromatic carbocycles. The van der Waals surface area contributed by atoms with Crippen LogP contribution in [0.25, 0.3) is 10.9 Å². The Hall–Kier alpha value is -2.43. The van der Waals surface area contributed by atoms with Gasteiger partial charge in [-0.05, 0) is 57.5 Å². The van der Waals surface area contributed by atoms with Crippen molar-refractivity contribution >= 4 is 34.1 Å². The van der Waals surface area contributed by atoms with Crippen LogP contribution in [0, 0.1) is 27.7 Å². The van der Waals surface area contributed by atoms with Crippen LogP contribution >= 0.6 is 11.6 Å². The number of fused-ring (bicyclic) bond motifs is 1. The smallest absolute Gasteiger partial charge is 0.238 e. The lowest BCUT2D eigenvalue weighted by atomic mass is 10.1. The summed E-state index contributed by atoms with van der Waals surface area (Å²) < 4.78 is 0. The standard InChI is InChI=1S/C23H26ClN3O/c1-14-10-15(2)23(16(3)11-14)26-21(28)13-27(5)12-20-22(24)17(4)18-8-6-7-9-19(18)25-20/h6-11H,12-13H2,1-5H3,(H,26,28). The van der Waals surface area contributed by atoms with Gasteiger partial charge >= 0.3 is 0 Å². The first-order valence-electron chi connectivity index (χ1n) is 9.36. The SMILES string of the molecule is Cc1cc(C)c(NC(=O)CN(C)Cc2nc3ccccc3c(C)c2Cl)c(C)c1. The van der Waals surface area contributed by atoms with Crippen LogP contribution < -0.4 is 5.32 Å². The second kappa shape index (κ2) is 8.29. The van der Waals surface area contributed by atoms with E-state index in [4.69, 9.17) is 16.6 Å². The molecule has 1 amide bonds. The summed E-state index contributed by atoms with van der Waals surface area (Å²) in [6, 6.07) is 12.1. The van der Waals surface area contributed by atoms with Crippen LogP contribution in [0.3, 0.4) is 0 Å². The van der Waals surface area contributed by atoms with Crippen LogP contribution in [0.4, 0.5) is 5.69 Å². The Morgan fingerprint density at radius 3 is 2.43 bits per heavy atom. The van der Waals surface area contributed by atoms with Crippen molar-refractivity contribution in [3.05, 3.63) is 69.4 Å². The van der Waals surface area contributed by atoms with Gasteiger partial charge in [0.05, 0.1) is 22.8 Å². The van der Waals surface area contributed by atoms with Gasteiger partial charge in [-0.3, -0.25) is 9.69 Å². The average molecular weight is 396 g/mol. The number of nitrogens with zero attached hydrogens (tertiary/aromatic N) is 2. The van der Waals surface area contributed by atoms with Gasteiger partial charge in [-0.2, -0.15) is 0 Å². The number of amides is 1. The fourth-order valence-corrected chi connectivity index (χ4v) is 3.84. The zero-order valence-corrected chi connectivity index (χ0v) is 17.8. The molecule has 0 unspecified atom stereocenters. The van der Waals surface area contributed by atoms with E-state index in [1.54, 1.807) is 0 Å². The Morgan fingerprint density at radius 2 is 1.75 bits per heavy atom. The molecule has 0 aliphatic rings. The Labute approximate surface area is 171 Å². The summed E-state index contributed by atoms with van der Waals surface area (Å²) in [6.45, 7) is 8.86. The van der Waals surface area contributed by atoms with Crippen molar-refractivity contribution in [1.29, 1.82) is 0 Å². The first kappa shape index (κ1) is 20.3. The number of rotatable bonds is 5. The Morgan fingerprint density at radius 1 is 1.11 bits per heavy atom. The van der Waals surface area contributed by atoms with Gasteiger partial charge in [-0.15, -0.1) is 0 Å². The van der Waals surface area contributed by atoms with Gasteiger partial charge < -0.3 is 5.32 Å². The molecule has 0 spiro atoms. The lowest BCUT2D eigenvalue weighted by Gasteiger charge is -2.19. The Balaban J connectivity index is 1.72. The van der Waals surface area contributed by atoms with Crippen LogP contribution in [0.1, 0.15) is 27.9 Å². The van der Waals surface area contributed by atoms with E-state index >= 15 is 0 Å². The molecule has 3 rings (SSSR count). The number of likely N-dealkylation sites (N-methyl/N-ethyl adjacent to an activating group) is 1. The van der Waals surface area contributed by atoms with Crippen LogP contribution in [-0.2, 0) is 11.3 Å². The van der Waals surface area contributed by atoms with Crippen molar-refractivity contribution in [3.8, 4) is 0 Å². The van der Waals surface area contributed by atoms with Crippen molar-refractivity contribution in [2.75, 3.05) is 18.9 Å². The number of hydrogen-bond acceptors (Lipinski definition) is 3.